The number of anilines is 1. The van der Waals surface area contributed by atoms with Crippen LogP contribution < -0.4 is 4.90 Å². The summed E-state index contributed by atoms with van der Waals surface area (Å²) in [5, 5.41) is 0. The highest BCUT2D eigenvalue weighted by atomic mass is 19.1. The van der Waals surface area contributed by atoms with Crippen LogP contribution in [0.3, 0.4) is 0 Å². The summed E-state index contributed by atoms with van der Waals surface area (Å²) in [6.45, 7) is 2.56. The molecular formula is C19H17F3N2O2. The third kappa shape index (κ3) is 3.56. The van der Waals surface area contributed by atoms with Crippen LogP contribution in [0.4, 0.5) is 18.9 Å². The third-order valence-electron chi connectivity index (χ3n) is 4.42. The lowest BCUT2D eigenvalue weighted by molar-refractivity contribution is 0.0741. The van der Waals surface area contributed by atoms with Crippen LogP contribution in [-0.2, 0) is 0 Å². The largest absolute Gasteiger partial charge is 0.366 e. The Morgan fingerprint density at radius 1 is 0.885 bits per heavy atom. The molecule has 2 aromatic rings. The molecule has 7 heteroatoms. The maximum absolute atomic E-state index is 14.2. The molecule has 0 radical (unpaired) electrons. The van der Waals surface area contributed by atoms with E-state index < -0.39 is 23.4 Å². The molecule has 1 aliphatic heterocycles. The topological polar surface area (TPSA) is 40.6 Å². The van der Waals surface area contributed by atoms with Crippen molar-refractivity contribution in [3.8, 4) is 0 Å². The number of hydrogen-bond donors (Lipinski definition) is 0. The average Bonchev–Trinajstić information content (AvgIpc) is 2.63. The van der Waals surface area contributed by atoms with E-state index in [1.165, 1.54) is 24.0 Å². The second kappa shape index (κ2) is 7.19. The first-order valence-electron chi connectivity index (χ1n) is 8.16. The van der Waals surface area contributed by atoms with Gasteiger partial charge in [0.2, 0.25) is 0 Å². The van der Waals surface area contributed by atoms with Gasteiger partial charge in [0.15, 0.2) is 5.78 Å². The zero-order valence-corrected chi connectivity index (χ0v) is 14.1. The lowest BCUT2D eigenvalue weighted by atomic mass is 10.1. The lowest BCUT2D eigenvalue weighted by Gasteiger charge is -2.36. The van der Waals surface area contributed by atoms with Gasteiger partial charge in [-0.2, -0.15) is 0 Å². The number of amides is 1. The van der Waals surface area contributed by atoms with Gasteiger partial charge in [0.1, 0.15) is 17.5 Å². The van der Waals surface area contributed by atoms with Crippen molar-refractivity contribution in [3.05, 3.63) is 65.0 Å². The smallest absolute Gasteiger partial charge is 0.257 e. The quantitative estimate of drug-likeness (QED) is 0.787. The van der Waals surface area contributed by atoms with Crippen LogP contribution in [0.15, 0.2) is 36.4 Å². The molecule has 1 fully saturated rings. The highest BCUT2D eigenvalue weighted by molar-refractivity contribution is 5.95. The molecule has 0 N–H and O–H groups in total. The van der Waals surface area contributed by atoms with E-state index in [0.29, 0.717) is 24.3 Å². The normalized spacial score (nSPS) is 14.5. The monoisotopic (exact) mass is 362 g/mol. The SMILES string of the molecule is CC(=O)c1ccc(N2CCN(C(=O)c3cc(F)ccc3F)CC2)c(F)c1. The van der Waals surface area contributed by atoms with Crippen LogP contribution in [0, 0.1) is 17.5 Å². The Labute approximate surface area is 148 Å². The van der Waals surface area contributed by atoms with Crippen LogP contribution in [0.5, 0.6) is 0 Å². The van der Waals surface area contributed by atoms with Crippen LogP contribution in [-0.4, -0.2) is 42.8 Å². The van der Waals surface area contributed by atoms with Crippen molar-refractivity contribution < 1.29 is 22.8 Å². The minimum atomic E-state index is -0.773. The van der Waals surface area contributed by atoms with E-state index >= 15 is 0 Å². The number of nitrogens with zero attached hydrogens (tertiary/aromatic N) is 2. The Kier molecular flexibility index (Phi) is 4.97. The lowest BCUT2D eigenvalue weighted by Crippen LogP contribution is -2.49. The summed E-state index contributed by atoms with van der Waals surface area (Å²) in [6, 6.07) is 7.04. The first-order chi connectivity index (χ1) is 12.4. The third-order valence-corrected chi connectivity index (χ3v) is 4.42. The number of Topliss-reactive ketones (excluding diaryl/α,β-unsaturated/α-hetero) is 1. The Balaban J connectivity index is 1.70. The number of carbonyl (C=O) groups excluding carboxylic acids is 2. The van der Waals surface area contributed by atoms with Gasteiger partial charge in [-0.3, -0.25) is 9.59 Å². The van der Waals surface area contributed by atoms with E-state index in [1.54, 1.807) is 11.0 Å². The van der Waals surface area contributed by atoms with Crippen LogP contribution in [0.25, 0.3) is 0 Å². The summed E-state index contributed by atoms with van der Waals surface area (Å²) < 4.78 is 41.3. The van der Waals surface area contributed by atoms with Crippen LogP contribution in [0.1, 0.15) is 27.6 Å². The summed E-state index contributed by atoms with van der Waals surface area (Å²) in [7, 11) is 0. The number of halogens is 3. The first kappa shape index (κ1) is 18.0. The molecule has 0 aliphatic carbocycles. The van der Waals surface area contributed by atoms with Crippen molar-refractivity contribution in [2.24, 2.45) is 0 Å². The first-order valence-corrected chi connectivity index (χ1v) is 8.16. The van der Waals surface area contributed by atoms with E-state index in [4.69, 9.17) is 0 Å². The number of benzene rings is 2. The van der Waals surface area contributed by atoms with Gasteiger partial charge in [-0.1, -0.05) is 0 Å². The van der Waals surface area contributed by atoms with E-state index in [9.17, 15) is 22.8 Å². The van der Waals surface area contributed by atoms with Crippen molar-refractivity contribution in [1.29, 1.82) is 0 Å². The highest BCUT2D eigenvalue weighted by Gasteiger charge is 2.25. The van der Waals surface area contributed by atoms with Gasteiger partial charge >= 0.3 is 0 Å². The molecular weight excluding hydrogens is 345 g/mol. The van der Waals surface area contributed by atoms with E-state index in [2.05, 4.69) is 0 Å². The fourth-order valence-corrected chi connectivity index (χ4v) is 2.96. The fraction of sp³-hybridized carbons (Fsp3) is 0.263. The molecule has 0 saturated carbocycles. The second-order valence-corrected chi connectivity index (χ2v) is 6.13. The van der Waals surface area contributed by atoms with Crippen molar-refractivity contribution >= 4 is 17.4 Å². The maximum atomic E-state index is 14.2. The van der Waals surface area contributed by atoms with E-state index in [-0.39, 0.29) is 24.4 Å². The van der Waals surface area contributed by atoms with Gasteiger partial charge < -0.3 is 9.80 Å². The molecule has 1 saturated heterocycles. The highest BCUT2D eigenvalue weighted by Crippen LogP contribution is 2.23. The average molecular weight is 362 g/mol. The number of hydrogen-bond acceptors (Lipinski definition) is 3. The fourth-order valence-electron chi connectivity index (χ4n) is 2.96. The van der Waals surface area contributed by atoms with Crippen molar-refractivity contribution in [1.82, 2.24) is 4.90 Å². The number of carbonyl (C=O) groups is 2. The van der Waals surface area contributed by atoms with Crippen LogP contribution in [0.2, 0.25) is 0 Å². The minimum absolute atomic E-state index is 0.219. The summed E-state index contributed by atoms with van der Waals surface area (Å²) in [4.78, 5) is 26.9. The van der Waals surface area contributed by atoms with Gasteiger partial charge in [-0.05, 0) is 43.3 Å². The van der Waals surface area contributed by atoms with Gasteiger partial charge in [0.25, 0.3) is 5.91 Å². The molecule has 136 valence electrons. The van der Waals surface area contributed by atoms with Crippen LogP contribution >= 0.6 is 0 Å². The van der Waals surface area contributed by atoms with Gasteiger partial charge in [0, 0.05) is 31.7 Å². The molecule has 0 unspecified atom stereocenters. The summed E-state index contributed by atoms with van der Waals surface area (Å²) in [5.41, 5.74) is 0.330. The number of ketones is 1. The molecule has 26 heavy (non-hydrogen) atoms. The molecule has 0 bridgehead atoms. The van der Waals surface area contributed by atoms with Gasteiger partial charge in [-0.25, -0.2) is 13.2 Å². The Hall–Kier alpha value is -2.83. The minimum Gasteiger partial charge on any atom is -0.366 e. The molecule has 2 aromatic carbocycles. The summed E-state index contributed by atoms with van der Waals surface area (Å²) in [6.07, 6.45) is 0. The number of piperazine rings is 1. The molecule has 0 aromatic heterocycles. The van der Waals surface area contributed by atoms with E-state index in [1.807, 2.05) is 0 Å². The number of rotatable bonds is 3. The molecule has 0 atom stereocenters. The van der Waals surface area contributed by atoms with Crippen molar-refractivity contribution in [2.75, 3.05) is 31.1 Å². The molecule has 0 spiro atoms. The predicted molar refractivity (Wildman–Crippen MR) is 90.9 cm³/mol. The Bertz CT molecular complexity index is 862. The zero-order valence-electron chi connectivity index (χ0n) is 14.1. The van der Waals surface area contributed by atoms with Gasteiger partial charge in [0.05, 0.1) is 11.3 Å². The zero-order chi connectivity index (χ0) is 18.8. The molecule has 1 heterocycles. The Morgan fingerprint density at radius 2 is 1.58 bits per heavy atom. The van der Waals surface area contributed by atoms with Crippen molar-refractivity contribution in [3.63, 3.8) is 0 Å². The molecule has 1 aliphatic rings. The second-order valence-electron chi connectivity index (χ2n) is 6.13. The van der Waals surface area contributed by atoms with E-state index in [0.717, 1.165) is 18.2 Å². The molecule has 3 rings (SSSR count). The summed E-state index contributed by atoms with van der Waals surface area (Å²) >= 11 is 0. The Morgan fingerprint density at radius 3 is 2.19 bits per heavy atom. The standard InChI is InChI=1S/C19H17F3N2O2/c1-12(25)13-2-5-18(17(22)10-13)23-6-8-24(9-7-23)19(26)15-11-14(20)3-4-16(15)21/h2-5,10-11H,6-9H2,1H3. The van der Waals surface area contributed by atoms with Crippen molar-refractivity contribution in [2.45, 2.75) is 6.92 Å². The summed E-state index contributed by atoms with van der Waals surface area (Å²) in [5.74, 6) is -2.77. The maximum Gasteiger partial charge on any atom is 0.257 e. The molecule has 1 amide bonds. The predicted octanol–water partition coefficient (Wildman–Crippen LogP) is 3.27. The van der Waals surface area contributed by atoms with Gasteiger partial charge in [-0.15, -0.1) is 0 Å². The molecule has 4 nitrogen and oxygen atoms in total.